The fraction of sp³-hybridized carbons (Fsp3) is 0.364. The number of esters is 2. The van der Waals surface area contributed by atoms with Crippen LogP contribution in [0.3, 0.4) is 0 Å². The average Bonchev–Trinajstić information content (AvgIpc) is 2.22. The minimum atomic E-state index is -0.748. The lowest BCUT2D eigenvalue weighted by molar-refractivity contribution is -0.152. The Morgan fingerprint density at radius 2 is 1.67 bits per heavy atom. The number of carbonyl (C=O) groups excluding carboxylic acids is 2. The monoisotopic (exact) mass is 211 g/mol. The van der Waals surface area contributed by atoms with Gasteiger partial charge in [0.2, 0.25) is 0 Å². The zero-order valence-corrected chi connectivity index (χ0v) is 8.61. The lowest BCUT2D eigenvalue weighted by Crippen LogP contribution is -2.19. The molecular formula is C11H15O4. The summed E-state index contributed by atoms with van der Waals surface area (Å²) in [7, 11) is 0. The van der Waals surface area contributed by atoms with E-state index in [1.165, 1.54) is 12.2 Å². The number of rotatable bonds is 7. The van der Waals surface area contributed by atoms with Crippen molar-refractivity contribution >= 4 is 11.9 Å². The maximum atomic E-state index is 11.2. The van der Waals surface area contributed by atoms with Crippen molar-refractivity contribution in [2.75, 3.05) is 13.2 Å². The van der Waals surface area contributed by atoms with Gasteiger partial charge in [-0.3, -0.25) is 9.59 Å². The normalized spacial score (nSPS) is 11.3. The van der Waals surface area contributed by atoms with Crippen LogP contribution in [0.15, 0.2) is 25.3 Å². The van der Waals surface area contributed by atoms with Crippen LogP contribution in [0.2, 0.25) is 0 Å². The highest BCUT2D eigenvalue weighted by Gasteiger charge is 2.18. The molecule has 0 amide bonds. The summed E-state index contributed by atoms with van der Waals surface area (Å²) in [4.78, 5) is 22.2. The number of carbonyl (C=O) groups is 2. The van der Waals surface area contributed by atoms with Gasteiger partial charge in [0.15, 0.2) is 0 Å². The van der Waals surface area contributed by atoms with Crippen LogP contribution in [-0.2, 0) is 19.1 Å². The fourth-order valence-corrected chi connectivity index (χ4v) is 0.754. The third-order valence-electron chi connectivity index (χ3n) is 1.45. The highest BCUT2D eigenvalue weighted by Crippen LogP contribution is 2.05. The molecule has 0 aromatic rings. The SMILES string of the molecule is [CH2]C(CC(=O)OCC=C)C(=O)OCC=C. The average molecular weight is 211 g/mol. The second-order valence-corrected chi connectivity index (χ2v) is 2.79. The summed E-state index contributed by atoms with van der Waals surface area (Å²) in [6.45, 7) is 10.5. The second-order valence-electron chi connectivity index (χ2n) is 2.79. The van der Waals surface area contributed by atoms with Gasteiger partial charge < -0.3 is 9.47 Å². The first kappa shape index (κ1) is 13.4. The minimum absolute atomic E-state index is 0.0934. The van der Waals surface area contributed by atoms with E-state index < -0.39 is 17.9 Å². The maximum Gasteiger partial charge on any atom is 0.309 e. The molecule has 0 fully saturated rings. The van der Waals surface area contributed by atoms with Crippen molar-refractivity contribution in [2.45, 2.75) is 6.42 Å². The number of ether oxygens (including phenoxy) is 2. The molecular weight excluding hydrogens is 196 g/mol. The number of hydrogen-bond donors (Lipinski definition) is 0. The molecule has 15 heavy (non-hydrogen) atoms. The van der Waals surface area contributed by atoms with Gasteiger partial charge in [0.05, 0.1) is 12.3 Å². The van der Waals surface area contributed by atoms with Gasteiger partial charge in [-0.1, -0.05) is 25.3 Å². The lowest BCUT2D eigenvalue weighted by Gasteiger charge is -2.09. The Hall–Kier alpha value is -1.58. The van der Waals surface area contributed by atoms with E-state index >= 15 is 0 Å². The van der Waals surface area contributed by atoms with E-state index in [1.807, 2.05) is 0 Å². The Balaban J connectivity index is 3.84. The van der Waals surface area contributed by atoms with Gasteiger partial charge in [0.25, 0.3) is 0 Å². The highest BCUT2D eigenvalue weighted by atomic mass is 16.5. The van der Waals surface area contributed by atoms with Crippen molar-refractivity contribution in [2.24, 2.45) is 5.92 Å². The van der Waals surface area contributed by atoms with E-state index in [-0.39, 0.29) is 19.6 Å². The molecule has 0 aliphatic carbocycles. The molecule has 4 heteroatoms. The van der Waals surface area contributed by atoms with Crippen molar-refractivity contribution in [1.29, 1.82) is 0 Å². The molecule has 4 nitrogen and oxygen atoms in total. The molecule has 1 atom stereocenters. The van der Waals surface area contributed by atoms with Gasteiger partial charge in [0, 0.05) is 0 Å². The molecule has 0 aromatic heterocycles. The van der Waals surface area contributed by atoms with Crippen LogP contribution >= 0.6 is 0 Å². The first-order valence-electron chi connectivity index (χ1n) is 4.49. The second kappa shape index (κ2) is 7.79. The van der Waals surface area contributed by atoms with Crippen LogP contribution in [0.4, 0.5) is 0 Å². The van der Waals surface area contributed by atoms with Crippen LogP contribution in [0, 0.1) is 12.8 Å². The lowest BCUT2D eigenvalue weighted by atomic mass is 10.1. The van der Waals surface area contributed by atoms with Gasteiger partial charge in [-0.2, -0.15) is 0 Å². The Morgan fingerprint density at radius 3 is 2.20 bits per heavy atom. The largest absolute Gasteiger partial charge is 0.461 e. The van der Waals surface area contributed by atoms with Crippen molar-refractivity contribution in [3.8, 4) is 0 Å². The Labute approximate surface area is 89.6 Å². The van der Waals surface area contributed by atoms with Crippen LogP contribution in [0.5, 0.6) is 0 Å². The van der Waals surface area contributed by atoms with E-state index in [4.69, 9.17) is 9.47 Å². The molecule has 0 spiro atoms. The van der Waals surface area contributed by atoms with Gasteiger partial charge >= 0.3 is 11.9 Å². The van der Waals surface area contributed by atoms with Gasteiger partial charge in [0.1, 0.15) is 13.2 Å². The smallest absolute Gasteiger partial charge is 0.309 e. The molecule has 0 aromatic carbocycles. The van der Waals surface area contributed by atoms with E-state index in [1.54, 1.807) is 0 Å². The molecule has 0 bridgehead atoms. The van der Waals surface area contributed by atoms with E-state index in [2.05, 4.69) is 20.1 Å². The van der Waals surface area contributed by atoms with Crippen LogP contribution in [0.25, 0.3) is 0 Å². The summed E-state index contributed by atoms with van der Waals surface area (Å²) in [6, 6.07) is 0. The third kappa shape index (κ3) is 6.49. The summed E-state index contributed by atoms with van der Waals surface area (Å²) in [5, 5.41) is 0. The van der Waals surface area contributed by atoms with E-state index in [0.29, 0.717) is 0 Å². The molecule has 1 radical (unpaired) electrons. The summed E-state index contributed by atoms with van der Waals surface area (Å²) in [5.74, 6) is -1.78. The van der Waals surface area contributed by atoms with Crippen molar-refractivity contribution in [3.05, 3.63) is 32.2 Å². The quantitative estimate of drug-likeness (QED) is 0.470. The Bertz CT molecular complexity index is 245. The number of hydrogen-bond acceptors (Lipinski definition) is 4. The molecule has 0 aliphatic rings. The van der Waals surface area contributed by atoms with Crippen LogP contribution < -0.4 is 0 Å². The summed E-state index contributed by atoms with van der Waals surface area (Å²) in [5.41, 5.74) is 0. The fourth-order valence-electron chi connectivity index (χ4n) is 0.754. The molecule has 0 saturated carbocycles. The molecule has 0 heterocycles. The minimum Gasteiger partial charge on any atom is -0.461 e. The summed E-state index contributed by atoms with van der Waals surface area (Å²) in [6.07, 6.45) is 2.80. The first-order chi connectivity index (χ1) is 7.11. The molecule has 83 valence electrons. The first-order valence-corrected chi connectivity index (χ1v) is 4.49. The summed E-state index contributed by atoms with van der Waals surface area (Å²) < 4.78 is 9.40. The van der Waals surface area contributed by atoms with E-state index in [9.17, 15) is 9.59 Å². The van der Waals surface area contributed by atoms with E-state index in [0.717, 1.165) is 0 Å². The molecule has 0 aliphatic heterocycles. The topological polar surface area (TPSA) is 52.6 Å². The van der Waals surface area contributed by atoms with Crippen molar-refractivity contribution in [3.63, 3.8) is 0 Å². The summed E-state index contributed by atoms with van der Waals surface area (Å²) >= 11 is 0. The Morgan fingerprint density at radius 1 is 1.13 bits per heavy atom. The molecule has 0 saturated heterocycles. The van der Waals surface area contributed by atoms with Crippen LogP contribution in [-0.4, -0.2) is 25.2 Å². The Kier molecular flexibility index (Phi) is 6.97. The zero-order valence-electron chi connectivity index (χ0n) is 8.61. The van der Waals surface area contributed by atoms with Gasteiger partial charge in [-0.15, -0.1) is 0 Å². The molecule has 0 rings (SSSR count). The standard InChI is InChI=1S/C11H15O4/c1-4-6-14-10(12)8-9(3)11(13)15-7-5-2/h4-5,9H,1-3,6-8H2. The highest BCUT2D eigenvalue weighted by molar-refractivity contribution is 5.80. The predicted molar refractivity (Wildman–Crippen MR) is 55.8 cm³/mol. The van der Waals surface area contributed by atoms with Crippen molar-refractivity contribution in [1.82, 2.24) is 0 Å². The molecule has 0 N–H and O–H groups in total. The van der Waals surface area contributed by atoms with Crippen LogP contribution in [0.1, 0.15) is 6.42 Å². The molecule has 1 unspecified atom stereocenters. The van der Waals surface area contributed by atoms with Gasteiger partial charge in [-0.05, 0) is 6.92 Å². The predicted octanol–water partition coefficient (Wildman–Crippen LogP) is 1.29. The third-order valence-corrected chi connectivity index (χ3v) is 1.45. The van der Waals surface area contributed by atoms with Gasteiger partial charge in [-0.25, -0.2) is 0 Å². The zero-order chi connectivity index (χ0) is 11.7. The maximum absolute atomic E-state index is 11.2. The van der Waals surface area contributed by atoms with Crippen molar-refractivity contribution < 1.29 is 19.1 Å².